The van der Waals surface area contributed by atoms with Gasteiger partial charge in [0.05, 0.1) is 98.9 Å². The number of esters is 1. The van der Waals surface area contributed by atoms with Gasteiger partial charge < -0.3 is 37.9 Å². The van der Waals surface area contributed by atoms with Gasteiger partial charge in [0.25, 0.3) is 0 Å². The first-order valence-corrected chi connectivity index (χ1v) is 12.2. The largest absolute Gasteiger partial charge is 0.420 e. The molecular weight excluding hydrogens is 557 g/mol. The molecule has 0 heterocycles. The fraction of sp³-hybridized carbons (Fsp3) is 0.696. The maximum atomic E-state index is 13.5. The summed E-state index contributed by atoms with van der Waals surface area (Å²) in [4.78, 5) is 14.2. The van der Waals surface area contributed by atoms with E-state index in [1.54, 1.807) is 0 Å². The Morgan fingerprint density at radius 3 is 1.25 bits per heavy atom. The molecule has 0 unspecified atom stereocenters. The van der Waals surface area contributed by atoms with Crippen molar-refractivity contribution in [1.82, 2.24) is 0 Å². The zero-order valence-electron chi connectivity index (χ0n) is 21.7. The molecule has 0 fully saturated rings. The molecule has 0 aliphatic carbocycles. The Balaban J connectivity index is 1.85. The van der Waals surface area contributed by atoms with Crippen molar-refractivity contribution in [3.63, 3.8) is 0 Å². The molecule has 40 heavy (non-hydrogen) atoms. The van der Waals surface area contributed by atoms with Gasteiger partial charge in [0.1, 0.15) is 0 Å². The molecule has 0 radical (unpaired) electrons. The average Bonchev–Trinajstić information content (AvgIpc) is 2.95. The molecule has 0 N–H and O–H groups in total. The standard InChI is InChI=1S/C23H32F5N3O9/c24-18-19(25)21(27)23(22(28)20(18)26)40-17(32)1-3-33-5-7-35-9-11-37-13-15-39-16-14-38-12-10-36-8-6-34-4-2-30-31-29/h1-16H2. The summed E-state index contributed by atoms with van der Waals surface area (Å²) in [6.45, 7) is 4.44. The van der Waals surface area contributed by atoms with Gasteiger partial charge in [0, 0.05) is 11.5 Å². The molecule has 1 rings (SSSR count). The summed E-state index contributed by atoms with van der Waals surface area (Å²) >= 11 is 0. The highest BCUT2D eigenvalue weighted by atomic mass is 19.2. The van der Waals surface area contributed by atoms with Crippen LogP contribution < -0.4 is 4.74 Å². The SMILES string of the molecule is [N-]=[N+]=NCCOCCOCCOCCOCCOCCOCCOCCC(=O)Oc1c(F)c(F)c(F)c(F)c1F. The van der Waals surface area contributed by atoms with E-state index in [1.807, 2.05) is 0 Å². The first-order chi connectivity index (χ1) is 19.4. The molecular formula is C23H32F5N3O9. The molecule has 12 nitrogen and oxygen atoms in total. The molecule has 0 amide bonds. The fourth-order valence-electron chi connectivity index (χ4n) is 2.57. The minimum absolute atomic E-state index is 0.0800. The van der Waals surface area contributed by atoms with Gasteiger partial charge >= 0.3 is 5.97 Å². The second-order valence-electron chi connectivity index (χ2n) is 7.36. The van der Waals surface area contributed by atoms with Crippen LogP contribution in [-0.4, -0.2) is 105 Å². The van der Waals surface area contributed by atoms with Gasteiger partial charge in [-0.1, -0.05) is 5.11 Å². The Kier molecular flexibility index (Phi) is 20.5. The van der Waals surface area contributed by atoms with Crippen molar-refractivity contribution in [2.45, 2.75) is 6.42 Å². The van der Waals surface area contributed by atoms with Crippen LogP contribution in [0.1, 0.15) is 6.42 Å². The molecule has 0 aliphatic heterocycles. The quantitative estimate of drug-likeness (QED) is 0.0194. The zero-order chi connectivity index (χ0) is 29.4. The first-order valence-electron chi connectivity index (χ1n) is 12.2. The lowest BCUT2D eigenvalue weighted by Gasteiger charge is -2.09. The molecule has 0 aromatic heterocycles. The second-order valence-corrected chi connectivity index (χ2v) is 7.36. The van der Waals surface area contributed by atoms with Crippen molar-refractivity contribution in [2.24, 2.45) is 5.11 Å². The lowest BCUT2D eigenvalue weighted by atomic mass is 10.2. The van der Waals surface area contributed by atoms with Crippen LogP contribution in [0, 0.1) is 29.1 Å². The number of nitrogens with zero attached hydrogens (tertiary/aromatic N) is 3. The van der Waals surface area contributed by atoms with E-state index in [0.29, 0.717) is 66.1 Å². The predicted octanol–water partition coefficient (Wildman–Crippen LogP) is 3.10. The van der Waals surface area contributed by atoms with E-state index in [1.165, 1.54) is 0 Å². The molecule has 0 spiro atoms. The highest BCUT2D eigenvalue weighted by molar-refractivity contribution is 5.72. The normalized spacial score (nSPS) is 11.0. The number of rotatable bonds is 25. The number of hydrogen-bond donors (Lipinski definition) is 0. The Morgan fingerprint density at radius 2 is 0.875 bits per heavy atom. The van der Waals surface area contributed by atoms with Gasteiger partial charge in [-0.25, -0.2) is 13.2 Å². The topological polar surface area (TPSA) is 140 Å². The van der Waals surface area contributed by atoms with E-state index in [0.717, 1.165) is 0 Å². The van der Waals surface area contributed by atoms with Crippen molar-refractivity contribution in [3.8, 4) is 5.75 Å². The summed E-state index contributed by atoms with van der Waals surface area (Å²) in [5, 5.41) is 3.33. The summed E-state index contributed by atoms with van der Waals surface area (Å²) in [5.74, 6) is -14.1. The Labute approximate surface area is 227 Å². The zero-order valence-corrected chi connectivity index (χ0v) is 21.7. The lowest BCUT2D eigenvalue weighted by molar-refractivity contribution is -0.136. The minimum Gasteiger partial charge on any atom is -0.420 e. The van der Waals surface area contributed by atoms with Crippen molar-refractivity contribution in [1.29, 1.82) is 0 Å². The summed E-state index contributed by atoms with van der Waals surface area (Å²) in [7, 11) is 0. The number of hydrogen-bond acceptors (Lipinski definition) is 10. The van der Waals surface area contributed by atoms with Crippen molar-refractivity contribution in [2.75, 3.05) is 99.0 Å². The number of azide groups is 1. The van der Waals surface area contributed by atoms with Crippen LogP contribution in [0.15, 0.2) is 5.11 Å². The van der Waals surface area contributed by atoms with Crippen LogP contribution in [0.3, 0.4) is 0 Å². The van der Waals surface area contributed by atoms with Crippen molar-refractivity contribution in [3.05, 3.63) is 39.5 Å². The number of halogens is 5. The number of carbonyl (C=O) groups excluding carboxylic acids is 1. The van der Waals surface area contributed by atoms with Crippen LogP contribution in [-0.2, 0) is 38.0 Å². The summed E-state index contributed by atoms with van der Waals surface area (Å²) in [6.07, 6.45) is -0.487. The predicted molar refractivity (Wildman–Crippen MR) is 126 cm³/mol. The molecule has 0 bridgehead atoms. The van der Waals surface area contributed by atoms with E-state index in [4.69, 9.17) is 38.7 Å². The summed E-state index contributed by atoms with van der Waals surface area (Å²) < 4.78 is 107. The van der Waals surface area contributed by atoms with Gasteiger partial charge in [-0.2, -0.15) is 8.78 Å². The molecule has 0 aliphatic rings. The van der Waals surface area contributed by atoms with E-state index in [2.05, 4.69) is 14.8 Å². The molecule has 228 valence electrons. The third-order valence-electron chi connectivity index (χ3n) is 4.47. The molecule has 1 aromatic rings. The Bertz CT molecular complexity index is 882. The third kappa shape index (κ3) is 15.8. The minimum atomic E-state index is -2.35. The molecule has 0 saturated carbocycles. The van der Waals surface area contributed by atoms with Gasteiger partial charge in [-0.05, 0) is 5.53 Å². The molecule has 0 saturated heterocycles. The van der Waals surface area contributed by atoms with Gasteiger partial charge in [0.2, 0.25) is 34.8 Å². The first kappa shape index (κ1) is 35.4. The Morgan fingerprint density at radius 1 is 0.550 bits per heavy atom. The van der Waals surface area contributed by atoms with E-state index >= 15 is 0 Å². The molecule has 17 heteroatoms. The fourth-order valence-corrected chi connectivity index (χ4v) is 2.57. The Hall–Kier alpha value is -2.63. The van der Waals surface area contributed by atoms with Crippen molar-refractivity contribution < 1.29 is 64.6 Å². The van der Waals surface area contributed by atoms with Crippen molar-refractivity contribution >= 4 is 5.97 Å². The van der Waals surface area contributed by atoms with E-state index < -0.39 is 47.2 Å². The summed E-state index contributed by atoms with van der Waals surface area (Å²) in [6, 6.07) is 0. The van der Waals surface area contributed by atoms with Gasteiger partial charge in [-0.15, -0.1) is 0 Å². The molecule has 1 aromatic carbocycles. The van der Waals surface area contributed by atoms with E-state index in [9.17, 15) is 26.7 Å². The lowest BCUT2D eigenvalue weighted by Crippen LogP contribution is -2.16. The highest BCUT2D eigenvalue weighted by Crippen LogP contribution is 2.29. The van der Waals surface area contributed by atoms with Crippen LogP contribution in [0.2, 0.25) is 0 Å². The van der Waals surface area contributed by atoms with Gasteiger partial charge in [0.15, 0.2) is 0 Å². The van der Waals surface area contributed by atoms with Crippen LogP contribution in [0.4, 0.5) is 22.0 Å². The van der Waals surface area contributed by atoms with Crippen LogP contribution >= 0.6 is 0 Å². The number of carbonyl (C=O) groups is 1. The smallest absolute Gasteiger partial charge is 0.313 e. The highest BCUT2D eigenvalue weighted by Gasteiger charge is 2.28. The van der Waals surface area contributed by atoms with Crippen LogP contribution in [0.25, 0.3) is 10.4 Å². The number of benzene rings is 1. The third-order valence-corrected chi connectivity index (χ3v) is 4.47. The van der Waals surface area contributed by atoms with Crippen LogP contribution in [0.5, 0.6) is 5.75 Å². The van der Waals surface area contributed by atoms with Gasteiger partial charge in [-0.3, -0.25) is 4.79 Å². The summed E-state index contributed by atoms with van der Waals surface area (Å²) in [5.41, 5.74) is 8.10. The maximum Gasteiger partial charge on any atom is 0.313 e. The van der Waals surface area contributed by atoms with E-state index in [-0.39, 0.29) is 33.0 Å². The second kappa shape index (κ2) is 23.1. The monoisotopic (exact) mass is 589 g/mol. The maximum absolute atomic E-state index is 13.5. The number of ether oxygens (including phenoxy) is 8. The average molecular weight is 590 g/mol. The molecule has 0 atom stereocenters.